The molecule has 1 heterocycles. The van der Waals surface area contributed by atoms with Crippen molar-refractivity contribution in [2.75, 3.05) is 6.54 Å². The molecule has 1 aliphatic heterocycles. The van der Waals surface area contributed by atoms with Crippen molar-refractivity contribution < 1.29 is 14.7 Å². The van der Waals surface area contributed by atoms with Gasteiger partial charge in [0.25, 0.3) is 0 Å². The van der Waals surface area contributed by atoms with Gasteiger partial charge in [-0.15, -0.1) is 0 Å². The highest BCUT2D eigenvalue weighted by molar-refractivity contribution is 5.93. The van der Waals surface area contributed by atoms with E-state index >= 15 is 0 Å². The molecule has 18 heavy (non-hydrogen) atoms. The minimum absolute atomic E-state index is 0.0759. The lowest BCUT2D eigenvalue weighted by atomic mass is 9.97. The van der Waals surface area contributed by atoms with E-state index in [0.717, 1.165) is 37.8 Å². The lowest BCUT2D eigenvalue weighted by Gasteiger charge is -2.36. The fourth-order valence-corrected chi connectivity index (χ4v) is 2.48. The molecular weight excluding hydrogens is 230 g/mol. The maximum absolute atomic E-state index is 12.3. The lowest BCUT2D eigenvalue weighted by molar-refractivity contribution is -0.139. The Morgan fingerprint density at radius 2 is 2.11 bits per heavy atom. The Morgan fingerprint density at radius 3 is 2.72 bits per heavy atom. The summed E-state index contributed by atoms with van der Waals surface area (Å²) in [6.07, 6.45) is 6.54. The molecule has 4 heteroatoms. The van der Waals surface area contributed by atoms with E-state index in [0.29, 0.717) is 6.42 Å². The molecule has 4 nitrogen and oxygen atoms in total. The number of nitrogens with zero attached hydrogens (tertiary/aromatic N) is 1. The Hall–Kier alpha value is -1.32. The van der Waals surface area contributed by atoms with Crippen LogP contribution in [0.3, 0.4) is 0 Å². The third kappa shape index (κ3) is 4.17. The highest BCUT2D eigenvalue weighted by atomic mass is 16.4. The van der Waals surface area contributed by atoms with Crippen LogP contribution in [0.15, 0.2) is 11.6 Å². The summed E-state index contributed by atoms with van der Waals surface area (Å²) in [6.45, 7) is 4.61. The molecule has 1 aliphatic rings. The van der Waals surface area contributed by atoms with E-state index < -0.39 is 5.97 Å². The number of carbonyl (C=O) groups is 2. The third-order valence-electron chi connectivity index (χ3n) is 3.43. The van der Waals surface area contributed by atoms with E-state index in [1.807, 2.05) is 24.8 Å². The van der Waals surface area contributed by atoms with Gasteiger partial charge in [0.15, 0.2) is 0 Å². The van der Waals surface area contributed by atoms with E-state index in [2.05, 4.69) is 0 Å². The van der Waals surface area contributed by atoms with Crippen LogP contribution in [0.5, 0.6) is 0 Å². The number of hydrogen-bond acceptors (Lipinski definition) is 2. The predicted octanol–water partition coefficient (Wildman–Crippen LogP) is 2.59. The zero-order chi connectivity index (χ0) is 13.5. The SMILES string of the molecule is CC/C=C(\C)C(=O)N1CCCC[C@H]1CCC(=O)O. The smallest absolute Gasteiger partial charge is 0.303 e. The van der Waals surface area contributed by atoms with Gasteiger partial charge in [0.2, 0.25) is 5.91 Å². The molecule has 102 valence electrons. The van der Waals surface area contributed by atoms with Gasteiger partial charge in [-0.25, -0.2) is 0 Å². The Morgan fingerprint density at radius 1 is 1.39 bits per heavy atom. The van der Waals surface area contributed by atoms with Crippen molar-refractivity contribution in [2.24, 2.45) is 0 Å². The van der Waals surface area contributed by atoms with Gasteiger partial charge in [-0.1, -0.05) is 13.0 Å². The van der Waals surface area contributed by atoms with E-state index in [1.165, 1.54) is 0 Å². The first-order chi connectivity index (χ1) is 8.56. The number of carboxylic acid groups (broad SMARTS) is 1. The van der Waals surface area contributed by atoms with E-state index in [9.17, 15) is 9.59 Å². The van der Waals surface area contributed by atoms with Gasteiger partial charge in [0.05, 0.1) is 0 Å². The highest BCUT2D eigenvalue weighted by Crippen LogP contribution is 2.22. The standard InChI is InChI=1S/C14H23NO3/c1-3-6-11(2)14(18)15-10-5-4-7-12(15)8-9-13(16)17/h6,12H,3-5,7-10H2,1-2H3,(H,16,17)/b11-6+/t12-/m0/s1. The van der Waals surface area contributed by atoms with Crippen LogP contribution in [0.2, 0.25) is 0 Å². The average Bonchev–Trinajstić information content (AvgIpc) is 2.36. The maximum Gasteiger partial charge on any atom is 0.303 e. The van der Waals surface area contributed by atoms with E-state index in [-0.39, 0.29) is 18.4 Å². The second-order valence-electron chi connectivity index (χ2n) is 4.88. The number of rotatable bonds is 5. The molecule has 0 spiro atoms. The Kier molecular flexibility index (Phi) is 5.89. The summed E-state index contributed by atoms with van der Waals surface area (Å²) in [5, 5.41) is 8.75. The van der Waals surface area contributed by atoms with Crippen molar-refractivity contribution in [1.29, 1.82) is 0 Å². The Labute approximate surface area is 109 Å². The van der Waals surface area contributed by atoms with Crippen LogP contribution in [0, 0.1) is 0 Å². The van der Waals surface area contributed by atoms with Gasteiger partial charge in [-0.2, -0.15) is 0 Å². The van der Waals surface area contributed by atoms with Gasteiger partial charge in [0, 0.05) is 24.6 Å². The molecule has 0 aromatic rings. The summed E-state index contributed by atoms with van der Waals surface area (Å²) in [7, 11) is 0. The minimum Gasteiger partial charge on any atom is -0.481 e. The first kappa shape index (κ1) is 14.7. The highest BCUT2D eigenvalue weighted by Gasteiger charge is 2.27. The van der Waals surface area contributed by atoms with Crippen LogP contribution in [0.4, 0.5) is 0 Å². The number of hydrogen-bond donors (Lipinski definition) is 1. The van der Waals surface area contributed by atoms with Crippen molar-refractivity contribution in [3.05, 3.63) is 11.6 Å². The zero-order valence-electron chi connectivity index (χ0n) is 11.3. The average molecular weight is 253 g/mol. The molecule has 1 atom stereocenters. The largest absolute Gasteiger partial charge is 0.481 e. The second kappa shape index (κ2) is 7.19. The molecule has 1 N–H and O–H groups in total. The quantitative estimate of drug-likeness (QED) is 0.766. The molecule has 1 saturated heterocycles. The zero-order valence-corrected chi connectivity index (χ0v) is 11.3. The van der Waals surface area contributed by atoms with Gasteiger partial charge >= 0.3 is 5.97 Å². The number of carbonyl (C=O) groups excluding carboxylic acids is 1. The van der Waals surface area contributed by atoms with Crippen LogP contribution in [-0.2, 0) is 9.59 Å². The summed E-state index contributed by atoms with van der Waals surface area (Å²) in [4.78, 5) is 24.8. The van der Waals surface area contributed by atoms with Crippen molar-refractivity contribution in [3.8, 4) is 0 Å². The molecule has 1 amide bonds. The third-order valence-corrected chi connectivity index (χ3v) is 3.43. The summed E-state index contributed by atoms with van der Waals surface area (Å²) in [5.41, 5.74) is 0.778. The lowest BCUT2D eigenvalue weighted by Crippen LogP contribution is -2.44. The molecule has 1 fully saturated rings. The van der Waals surface area contributed by atoms with Gasteiger partial charge in [-0.05, 0) is 39.0 Å². The fraction of sp³-hybridized carbons (Fsp3) is 0.714. The van der Waals surface area contributed by atoms with Gasteiger partial charge in [-0.3, -0.25) is 9.59 Å². The molecule has 0 radical (unpaired) electrons. The maximum atomic E-state index is 12.3. The minimum atomic E-state index is -0.784. The summed E-state index contributed by atoms with van der Waals surface area (Å²) < 4.78 is 0. The van der Waals surface area contributed by atoms with Crippen LogP contribution in [0.25, 0.3) is 0 Å². The Balaban J connectivity index is 2.66. The van der Waals surface area contributed by atoms with Gasteiger partial charge < -0.3 is 10.0 Å². The van der Waals surface area contributed by atoms with Crippen molar-refractivity contribution in [2.45, 2.75) is 58.4 Å². The van der Waals surface area contributed by atoms with E-state index in [1.54, 1.807) is 0 Å². The van der Waals surface area contributed by atoms with Crippen molar-refractivity contribution >= 4 is 11.9 Å². The molecule has 0 bridgehead atoms. The Bertz CT molecular complexity index is 336. The van der Waals surface area contributed by atoms with Crippen LogP contribution < -0.4 is 0 Å². The molecule has 0 aliphatic carbocycles. The van der Waals surface area contributed by atoms with Crippen molar-refractivity contribution in [1.82, 2.24) is 4.90 Å². The first-order valence-electron chi connectivity index (χ1n) is 6.75. The van der Waals surface area contributed by atoms with Crippen LogP contribution >= 0.6 is 0 Å². The van der Waals surface area contributed by atoms with Crippen molar-refractivity contribution in [3.63, 3.8) is 0 Å². The molecule has 0 aromatic carbocycles. The molecule has 0 aromatic heterocycles. The van der Waals surface area contributed by atoms with Gasteiger partial charge in [0.1, 0.15) is 0 Å². The molecular formula is C14H23NO3. The molecule has 0 unspecified atom stereocenters. The number of carboxylic acids is 1. The number of amides is 1. The number of aliphatic carboxylic acids is 1. The predicted molar refractivity (Wildman–Crippen MR) is 70.3 cm³/mol. The second-order valence-corrected chi connectivity index (χ2v) is 4.88. The molecule has 0 saturated carbocycles. The normalized spacial score (nSPS) is 20.9. The summed E-state index contributed by atoms with van der Waals surface area (Å²) >= 11 is 0. The van der Waals surface area contributed by atoms with E-state index in [4.69, 9.17) is 5.11 Å². The fourth-order valence-electron chi connectivity index (χ4n) is 2.48. The summed E-state index contributed by atoms with van der Waals surface area (Å²) in [5.74, 6) is -0.708. The number of likely N-dealkylation sites (tertiary alicyclic amines) is 1. The summed E-state index contributed by atoms with van der Waals surface area (Å²) in [6, 6.07) is 0.0996. The number of allylic oxidation sites excluding steroid dienone is 1. The van der Waals surface area contributed by atoms with Crippen LogP contribution in [0.1, 0.15) is 52.4 Å². The first-order valence-corrected chi connectivity index (χ1v) is 6.75. The number of piperidine rings is 1. The molecule has 1 rings (SSSR count). The van der Waals surface area contributed by atoms with Crippen LogP contribution in [-0.4, -0.2) is 34.5 Å². The monoisotopic (exact) mass is 253 g/mol. The topological polar surface area (TPSA) is 57.6 Å².